The number of nitrogens with zero attached hydrogens (tertiary/aromatic N) is 1. The van der Waals surface area contributed by atoms with E-state index in [1.807, 2.05) is 7.05 Å². The largest absolute Gasteiger partial charge is 0.356 e. The van der Waals surface area contributed by atoms with E-state index in [2.05, 4.69) is 51.5 Å². The van der Waals surface area contributed by atoms with Crippen molar-refractivity contribution in [3.05, 3.63) is 34.5 Å². The van der Waals surface area contributed by atoms with Crippen molar-refractivity contribution in [2.75, 3.05) is 13.6 Å². The minimum Gasteiger partial charge on any atom is -0.356 e. The van der Waals surface area contributed by atoms with Crippen molar-refractivity contribution in [2.24, 2.45) is 4.99 Å². The molecular weight excluding hydrogens is 242 g/mol. The Labute approximate surface area is 113 Å². The van der Waals surface area contributed by atoms with Crippen LogP contribution in [0.15, 0.2) is 34.0 Å². The number of guanidine groups is 1. The summed E-state index contributed by atoms with van der Waals surface area (Å²) < 4.78 is 0. The van der Waals surface area contributed by atoms with E-state index in [1.165, 1.54) is 5.56 Å². The molecule has 1 aromatic heterocycles. The maximum Gasteiger partial charge on any atom is 0.191 e. The predicted molar refractivity (Wildman–Crippen MR) is 79.4 cm³/mol. The van der Waals surface area contributed by atoms with Gasteiger partial charge in [-0.05, 0) is 41.1 Å². The maximum absolute atomic E-state index is 4.27. The van der Waals surface area contributed by atoms with Gasteiger partial charge in [0.2, 0.25) is 0 Å². The summed E-state index contributed by atoms with van der Waals surface area (Å²) in [5, 5.41) is 11.2. The van der Waals surface area contributed by atoms with Crippen LogP contribution in [-0.4, -0.2) is 25.6 Å². The van der Waals surface area contributed by atoms with Crippen LogP contribution in [0.2, 0.25) is 0 Å². The molecule has 0 saturated heterocycles. The van der Waals surface area contributed by atoms with Gasteiger partial charge < -0.3 is 10.6 Å². The van der Waals surface area contributed by atoms with Crippen molar-refractivity contribution >= 4 is 17.3 Å². The van der Waals surface area contributed by atoms with E-state index in [0.29, 0.717) is 12.0 Å². The van der Waals surface area contributed by atoms with Gasteiger partial charge in [-0.3, -0.25) is 4.99 Å². The molecule has 2 rings (SSSR count). The highest BCUT2D eigenvalue weighted by molar-refractivity contribution is 7.07. The first-order valence-corrected chi connectivity index (χ1v) is 7.38. The summed E-state index contributed by atoms with van der Waals surface area (Å²) in [5.41, 5.74) is 1.39. The summed E-state index contributed by atoms with van der Waals surface area (Å²) in [7, 11) is 1.83. The average Bonchev–Trinajstić information content (AvgIpc) is 3.06. The first-order chi connectivity index (χ1) is 8.79. The zero-order valence-corrected chi connectivity index (χ0v) is 11.8. The molecule has 2 N–H and O–H groups in total. The van der Waals surface area contributed by atoms with E-state index >= 15 is 0 Å². The Hall–Kier alpha value is -1.29. The summed E-state index contributed by atoms with van der Waals surface area (Å²) in [4.78, 5) is 4.27. The van der Waals surface area contributed by atoms with Crippen molar-refractivity contribution in [1.29, 1.82) is 0 Å². The first-order valence-electron chi connectivity index (χ1n) is 6.44. The van der Waals surface area contributed by atoms with Crippen LogP contribution in [0.5, 0.6) is 0 Å². The minimum atomic E-state index is 0.507. The lowest BCUT2D eigenvalue weighted by molar-refractivity contribution is 0.622. The highest BCUT2D eigenvalue weighted by Gasteiger charge is 2.12. The zero-order valence-electron chi connectivity index (χ0n) is 11.0. The normalized spacial score (nSPS) is 18.0. The fourth-order valence-corrected chi connectivity index (χ4v) is 2.83. The molecule has 1 heterocycles. The van der Waals surface area contributed by atoms with E-state index in [1.54, 1.807) is 11.3 Å². The van der Waals surface area contributed by atoms with Gasteiger partial charge in [-0.2, -0.15) is 11.3 Å². The quantitative estimate of drug-likeness (QED) is 0.498. The van der Waals surface area contributed by atoms with Crippen molar-refractivity contribution < 1.29 is 0 Å². The third kappa shape index (κ3) is 3.60. The van der Waals surface area contributed by atoms with Crippen LogP contribution in [0.25, 0.3) is 0 Å². The molecule has 0 saturated carbocycles. The van der Waals surface area contributed by atoms with Crippen molar-refractivity contribution in [2.45, 2.75) is 31.7 Å². The number of hydrogen-bond donors (Lipinski definition) is 2. The molecule has 1 atom stereocenters. The van der Waals surface area contributed by atoms with Gasteiger partial charge in [0, 0.05) is 19.6 Å². The summed E-state index contributed by atoms with van der Waals surface area (Å²) >= 11 is 1.75. The van der Waals surface area contributed by atoms with Gasteiger partial charge in [0.15, 0.2) is 5.96 Å². The molecule has 0 fully saturated rings. The van der Waals surface area contributed by atoms with Crippen LogP contribution < -0.4 is 10.6 Å². The second kappa shape index (κ2) is 6.59. The van der Waals surface area contributed by atoms with Crippen molar-refractivity contribution in [3.63, 3.8) is 0 Å². The third-order valence-corrected chi connectivity index (χ3v) is 3.96. The molecule has 0 amide bonds. The molecule has 0 aromatic carbocycles. The maximum atomic E-state index is 4.27. The zero-order chi connectivity index (χ0) is 12.8. The fourth-order valence-electron chi connectivity index (χ4n) is 2.05. The summed E-state index contributed by atoms with van der Waals surface area (Å²) in [6.07, 6.45) is 6.64. The molecule has 0 radical (unpaired) electrons. The molecule has 1 aliphatic carbocycles. The van der Waals surface area contributed by atoms with Crippen LogP contribution in [0.4, 0.5) is 0 Å². The molecule has 98 valence electrons. The van der Waals surface area contributed by atoms with E-state index in [0.717, 1.165) is 25.3 Å². The third-order valence-electron chi connectivity index (χ3n) is 3.26. The Kier molecular flexibility index (Phi) is 4.81. The molecule has 1 aromatic rings. The topological polar surface area (TPSA) is 36.4 Å². The van der Waals surface area contributed by atoms with E-state index in [4.69, 9.17) is 0 Å². The summed E-state index contributed by atoms with van der Waals surface area (Å²) in [6.45, 7) is 3.15. The SMILES string of the molecule is CN=C(NCC(C)c1ccsc1)NC1CC=CC1. The summed E-state index contributed by atoms with van der Waals surface area (Å²) in [6, 6.07) is 2.70. The number of hydrogen-bond acceptors (Lipinski definition) is 2. The van der Waals surface area contributed by atoms with Crippen LogP contribution in [0.1, 0.15) is 31.2 Å². The molecule has 4 heteroatoms. The number of nitrogens with one attached hydrogen (secondary N) is 2. The van der Waals surface area contributed by atoms with E-state index < -0.39 is 0 Å². The lowest BCUT2D eigenvalue weighted by Crippen LogP contribution is -2.43. The lowest BCUT2D eigenvalue weighted by Gasteiger charge is -2.19. The molecule has 0 spiro atoms. The molecular formula is C14H21N3S. The standard InChI is InChI=1S/C14H21N3S/c1-11(12-7-8-18-10-12)9-16-14(15-2)17-13-5-3-4-6-13/h3-4,7-8,10-11,13H,5-6,9H2,1-2H3,(H2,15,16,17). The van der Waals surface area contributed by atoms with Gasteiger partial charge in [-0.15, -0.1) is 0 Å². The van der Waals surface area contributed by atoms with Crippen LogP contribution >= 0.6 is 11.3 Å². The van der Waals surface area contributed by atoms with Crippen LogP contribution in [0.3, 0.4) is 0 Å². The van der Waals surface area contributed by atoms with Gasteiger partial charge in [0.25, 0.3) is 0 Å². The van der Waals surface area contributed by atoms with E-state index in [-0.39, 0.29) is 0 Å². The Balaban J connectivity index is 1.77. The Morgan fingerprint density at radius 3 is 2.89 bits per heavy atom. The highest BCUT2D eigenvalue weighted by atomic mass is 32.1. The van der Waals surface area contributed by atoms with Crippen molar-refractivity contribution in [1.82, 2.24) is 10.6 Å². The Morgan fingerprint density at radius 2 is 2.28 bits per heavy atom. The molecule has 1 unspecified atom stereocenters. The van der Waals surface area contributed by atoms with Crippen molar-refractivity contribution in [3.8, 4) is 0 Å². The summed E-state index contributed by atoms with van der Waals surface area (Å²) in [5.74, 6) is 1.42. The van der Waals surface area contributed by atoms with Gasteiger partial charge in [-0.25, -0.2) is 0 Å². The average molecular weight is 263 g/mol. The Morgan fingerprint density at radius 1 is 1.50 bits per heavy atom. The van der Waals surface area contributed by atoms with Gasteiger partial charge >= 0.3 is 0 Å². The van der Waals surface area contributed by atoms with Gasteiger partial charge in [0.1, 0.15) is 0 Å². The fraction of sp³-hybridized carbons (Fsp3) is 0.500. The number of aliphatic imine (C=N–C) groups is 1. The second-order valence-electron chi connectivity index (χ2n) is 4.69. The molecule has 0 aliphatic heterocycles. The lowest BCUT2D eigenvalue weighted by atomic mass is 10.1. The molecule has 0 bridgehead atoms. The van der Waals surface area contributed by atoms with Gasteiger partial charge in [0.05, 0.1) is 0 Å². The van der Waals surface area contributed by atoms with Crippen LogP contribution in [-0.2, 0) is 0 Å². The number of rotatable bonds is 4. The van der Waals surface area contributed by atoms with Gasteiger partial charge in [-0.1, -0.05) is 19.1 Å². The molecule has 3 nitrogen and oxygen atoms in total. The number of thiophene rings is 1. The second-order valence-corrected chi connectivity index (χ2v) is 5.47. The minimum absolute atomic E-state index is 0.507. The predicted octanol–water partition coefficient (Wildman–Crippen LogP) is 2.74. The molecule has 1 aliphatic rings. The van der Waals surface area contributed by atoms with E-state index in [9.17, 15) is 0 Å². The Bertz CT molecular complexity index is 401. The first kappa shape index (κ1) is 13.1. The smallest absolute Gasteiger partial charge is 0.191 e. The monoisotopic (exact) mass is 263 g/mol. The molecule has 18 heavy (non-hydrogen) atoms. The van der Waals surface area contributed by atoms with Crippen LogP contribution in [0, 0.1) is 0 Å². The highest BCUT2D eigenvalue weighted by Crippen LogP contribution is 2.17.